The molecule has 1 N–H and O–H groups in total. The lowest BCUT2D eigenvalue weighted by molar-refractivity contribution is 0.0729. The third kappa shape index (κ3) is 4.26. The van der Waals surface area contributed by atoms with E-state index in [1.165, 1.54) is 17.1 Å². The topological polar surface area (TPSA) is 58.6 Å². The molecule has 1 aliphatic carbocycles. The zero-order valence-electron chi connectivity index (χ0n) is 12.1. The number of nitrogens with one attached hydrogen (secondary N) is 1. The molecule has 5 nitrogen and oxygen atoms in total. The van der Waals surface area contributed by atoms with Crippen molar-refractivity contribution in [3.05, 3.63) is 35.4 Å². The van der Waals surface area contributed by atoms with Gasteiger partial charge in [-0.05, 0) is 24.0 Å². The maximum atomic E-state index is 12.4. The van der Waals surface area contributed by atoms with E-state index >= 15 is 0 Å². The van der Waals surface area contributed by atoms with Crippen LogP contribution in [0.1, 0.15) is 24.0 Å². The fourth-order valence-corrected chi connectivity index (χ4v) is 3.99. The highest BCUT2D eigenvalue weighted by Crippen LogP contribution is 2.20. The second kappa shape index (κ2) is 6.44. The van der Waals surface area contributed by atoms with Crippen molar-refractivity contribution in [2.75, 3.05) is 26.3 Å². The number of benzene rings is 1. The average Bonchev–Trinajstić information content (AvgIpc) is 3.30. The van der Waals surface area contributed by atoms with E-state index in [4.69, 9.17) is 4.74 Å². The molecule has 3 rings (SSSR count). The Kier molecular flexibility index (Phi) is 4.59. The van der Waals surface area contributed by atoms with Crippen LogP contribution < -0.4 is 5.32 Å². The first kappa shape index (κ1) is 15.0. The van der Waals surface area contributed by atoms with Crippen LogP contribution in [-0.2, 0) is 27.1 Å². The molecule has 1 saturated heterocycles. The third-order valence-electron chi connectivity index (χ3n) is 3.88. The average molecular weight is 310 g/mol. The molecule has 1 heterocycles. The van der Waals surface area contributed by atoms with Crippen molar-refractivity contribution in [3.63, 3.8) is 0 Å². The van der Waals surface area contributed by atoms with Crippen LogP contribution >= 0.6 is 0 Å². The van der Waals surface area contributed by atoms with Gasteiger partial charge in [0.1, 0.15) is 0 Å². The number of hydrogen-bond acceptors (Lipinski definition) is 4. The summed E-state index contributed by atoms with van der Waals surface area (Å²) >= 11 is 0. The fourth-order valence-electron chi connectivity index (χ4n) is 2.51. The number of ether oxygens (including phenoxy) is 1. The van der Waals surface area contributed by atoms with Crippen LogP contribution in [0.2, 0.25) is 0 Å². The monoisotopic (exact) mass is 310 g/mol. The molecule has 1 saturated carbocycles. The Hall–Kier alpha value is -0.950. The summed E-state index contributed by atoms with van der Waals surface area (Å²) in [6, 6.07) is 8.52. The lowest BCUT2D eigenvalue weighted by Crippen LogP contribution is -2.41. The third-order valence-corrected chi connectivity index (χ3v) is 5.73. The van der Waals surface area contributed by atoms with Crippen molar-refractivity contribution >= 4 is 10.0 Å². The van der Waals surface area contributed by atoms with E-state index in [1.807, 2.05) is 24.3 Å². The van der Waals surface area contributed by atoms with E-state index in [-0.39, 0.29) is 5.75 Å². The summed E-state index contributed by atoms with van der Waals surface area (Å²) in [4.78, 5) is 0. The predicted octanol–water partition coefficient (Wildman–Crippen LogP) is 1.10. The minimum atomic E-state index is -3.24. The van der Waals surface area contributed by atoms with Gasteiger partial charge in [-0.2, -0.15) is 4.31 Å². The molecule has 2 aliphatic rings. The Morgan fingerprint density at radius 2 is 1.90 bits per heavy atom. The summed E-state index contributed by atoms with van der Waals surface area (Å²) in [6.45, 7) is 2.72. The Morgan fingerprint density at radius 3 is 2.62 bits per heavy atom. The maximum Gasteiger partial charge on any atom is 0.218 e. The molecule has 0 spiro atoms. The normalized spacial score (nSPS) is 20.6. The Balaban J connectivity index is 1.63. The van der Waals surface area contributed by atoms with E-state index in [2.05, 4.69) is 5.32 Å². The van der Waals surface area contributed by atoms with Crippen LogP contribution in [0.25, 0.3) is 0 Å². The first-order valence-electron chi connectivity index (χ1n) is 7.50. The zero-order chi connectivity index (χ0) is 14.7. The number of rotatable bonds is 6. The summed E-state index contributed by atoms with van der Waals surface area (Å²) < 4.78 is 31.5. The molecule has 1 aromatic rings. The summed E-state index contributed by atoms with van der Waals surface area (Å²) in [6.07, 6.45) is 2.51. The summed E-state index contributed by atoms with van der Waals surface area (Å²) in [7, 11) is -3.24. The largest absolute Gasteiger partial charge is 0.379 e. The number of sulfonamides is 1. The fraction of sp³-hybridized carbons (Fsp3) is 0.600. The number of morpholine rings is 1. The van der Waals surface area contributed by atoms with Crippen molar-refractivity contribution in [2.24, 2.45) is 0 Å². The predicted molar refractivity (Wildman–Crippen MR) is 81.3 cm³/mol. The van der Waals surface area contributed by atoms with Crippen LogP contribution in [-0.4, -0.2) is 45.1 Å². The van der Waals surface area contributed by atoms with Gasteiger partial charge < -0.3 is 10.1 Å². The van der Waals surface area contributed by atoms with Crippen molar-refractivity contribution < 1.29 is 13.2 Å². The van der Waals surface area contributed by atoms with Gasteiger partial charge in [-0.3, -0.25) is 0 Å². The molecule has 2 fully saturated rings. The zero-order valence-corrected chi connectivity index (χ0v) is 12.9. The molecule has 0 radical (unpaired) electrons. The first-order valence-corrected chi connectivity index (χ1v) is 9.11. The number of hydrogen-bond donors (Lipinski definition) is 1. The van der Waals surface area contributed by atoms with Gasteiger partial charge in [-0.25, -0.2) is 8.42 Å². The summed E-state index contributed by atoms with van der Waals surface area (Å²) in [5, 5.41) is 3.45. The van der Waals surface area contributed by atoms with Gasteiger partial charge in [0.05, 0.1) is 19.0 Å². The molecule has 0 aromatic heterocycles. The SMILES string of the molecule is O=S(=O)(Cc1cccc(CNC2CC2)c1)N1CCOCC1. The molecule has 0 unspecified atom stereocenters. The minimum absolute atomic E-state index is 0.0737. The Bertz CT molecular complexity index is 578. The molecule has 6 heteroatoms. The van der Waals surface area contributed by atoms with Crippen LogP contribution in [0.3, 0.4) is 0 Å². The van der Waals surface area contributed by atoms with Gasteiger partial charge >= 0.3 is 0 Å². The Labute approximate surface area is 126 Å². The summed E-state index contributed by atoms with van der Waals surface area (Å²) in [5.74, 6) is 0.0737. The molecule has 0 amide bonds. The highest BCUT2D eigenvalue weighted by Gasteiger charge is 2.24. The molecule has 1 aromatic carbocycles. The summed E-state index contributed by atoms with van der Waals surface area (Å²) in [5.41, 5.74) is 2.01. The van der Waals surface area contributed by atoms with Crippen molar-refractivity contribution in [1.82, 2.24) is 9.62 Å². The van der Waals surface area contributed by atoms with Gasteiger partial charge in [0, 0.05) is 25.7 Å². The van der Waals surface area contributed by atoms with Crippen LogP contribution in [0.4, 0.5) is 0 Å². The number of nitrogens with zero attached hydrogens (tertiary/aromatic N) is 1. The first-order chi connectivity index (χ1) is 10.1. The lowest BCUT2D eigenvalue weighted by atomic mass is 10.1. The molecular formula is C15H22N2O3S. The van der Waals surface area contributed by atoms with Crippen molar-refractivity contribution in [3.8, 4) is 0 Å². The smallest absolute Gasteiger partial charge is 0.218 e. The van der Waals surface area contributed by atoms with Crippen LogP contribution in [0.5, 0.6) is 0 Å². The molecule has 116 valence electrons. The molecule has 21 heavy (non-hydrogen) atoms. The van der Waals surface area contributed by atoms with Gasteiger partial charge in [0.15, 0.2) is 0 Å². The standard InChI is InChI=1S/C15H22N2O3S/c18-21(19,17-6-8-20-9-7-17)12-14-3-1-2-13(10-14)11-16-15-4-5-15/h1-3,10,15-16H,4-9,11-12H2. The highest BCUT2D eigenvalue weighted by molar-refractivity contribution is 7.88. The van der Waals surface area contributed by atoms with E-state index in [9.17, 15) is 8.42 Å². The van der Waals surface area contributed by atoms with Gasteiger partial charge in [0.25, 0.3) is 0 Å². The van der Waals surface area contributed by atoms with Crippen molar-refractivity contribution in [1.29, 1.82) is 0 Å². The molecular weight excluding hydrogens is 288 g/mol. The van der Waals surface area contributed by atoms with E-state index in [0.29, 0.717) is 32.3 Å². The highest BCUT2D eigenvalue weighted by atomic mass is 32.2. The van der Waals surface area contributed by atoms with Gasteiger partial charge in [-0.1, -0.05) is 24.3 Å². The van der Waals surface area contributed by atoms with Crippen molar-refractivity contribution in [2.45, 2.75) is 31.2 Å². The molecule has 0 bridgehead atoms. The van der Waals surface area contributed by atoms with Gasteiger partial charge in [-0.15, -0.1) is 0 Å². The lowest BCUT2D eigenvalue weighted by Gasteiger charge is -2.26. The molecule has 1 aliphatic heterocycles. The van der Waals surface area contributed by atoms with E-state index < -0.39 is 10.0 Å². The quantitative estimate of drug-likeness (QED) is 0.855. The maximum absolute atomic E-state index is 12.4. The van der Waals surface area contributed by atoms with Gasteiger partial charge in [0.2, 0.25) is 10.0 Å². The van der Waals surface area contributed by atoms with E-state index in [0.717, 1.165) is 17.7 Å². The van der Waals surface area contributed by atoms with E-state index in [1.54, 1.807) is 0 Å². The second-order valence-electron chi connectivity index (χ2n) is 5.74. The minimum Gasteiger partial charge on any atom is -0.379 e. The van der Waals surface area contributed by atoms with Crippen LogP contribution in [0, 0.1) is 0 Å². The van der Waals surface area contributed by atoms with Crippen LogP contribution in [0.15, 0.2) is 24.3 Å². The molecule has 0 atom stereocenters. The Morgan fingerprint density at radius 1 is 1.19 bits per heavy atom. The second-order valence-corrected chi connectivity index (χ2v) is 7.71.